The molecule has 5 rings (SSSR count). The van der Waals surface area contributed by atoms with E-state index in [4.69, 9.17) is 9.72 Å². The average molecular weight is 503 g/mol. The van der Waals surface area contributed by atoms with Crippen molar-refractivity contribution in [1.82, 2.24) is 9.55 Å². The number of amides is 1. The van der Waals surface area contributed by atoms with Crippen molar-refractivity contribution in [3.8, 4) is 5.75 Å². The first-order chi connectivity index (χ1) is 16.0. The van der Waals surface area contributed by atoms with Crippen LogP contribution in [0.15, 0.2) is 88.5 Å². The molecule has 7 heteroatoms. The van der Waals surface area contributed by atoms with Crippen LogP contribution in [0.5, 0.6) is 5.75 Å². The molecular formula is C26H23BrN4O2. The summed E-state index contributed by atoms with van der Waals surface area (Å²) in [6, 6.07) is 23.1. The number of benzene rings is 3. The Morgan fingerprint density at radius 1 is 1.12 bits per heavy atom. The number of para-hydroxylation sites is 2. The lowest BCUT2D eigenvalue weighted by Gasteiger charge is -2.31. The summed E-state index contributed by atoms with van der Waals surface area (Å²) in [5, 5.41) is 6.40. The number of rotatable bonds is 5. The Kier molecular flexibility index (Phi) is 5.64. The van der Waals surface area contributed by atoms with E-state index < -0.39 is 0 Å². The molecule has 0 saturated carbocycles. The van der Waals surface area contributed by atoms with Crippen molar-refractivity contribution in [2.24, 2.45) is 0 Å². The summed E-state index contributed by atoms with van der Waals surface area (Å²) in [7, 11) is 0. The Morgan fingerprint density at radius 2 is 1.91 bits per heavy atom. The number of halogens is 1. The SMILES string of the molecule is CCOc1ccc(NC(=O)C2=C(C)Nc3nc4ccccc4n3[C@H]2c2cccc(Br)c2)cc1. The van der Waals surface area contributed by atoms with Crippen LogP contribution in [-0.2, 0) is 4.79 Å². The first-order valence-corrected chi connectivity index (χ1v) is 11.6. The molecule has 0 bridgehead atoms. The monoisotopic (exact) mass is 502 g/mol. The minimum Gasteiger partial charge on any atom is -0.494 e. The van der Waals surface area contributed by atoms with E-state index in [2.05, 4.69) is 31.1 Å². The van der Waals surface area contributed by atoms with Crippen LogP contribution in [0, 0.1) is 0 Å². The van der Waals surface area contributed by atoms with Crippen molar-refractivity contribution in [1.29, 1.82) is 0 Å². The highest BCUT2D eigenvalue weighted by Gasteiger charge is 2.34. The van der Waals surface area contributed by atoms with Crippen molar-refractivity contribution < 1.29 is 9.53 Å². The standard InChI is InChI=1S/C26H23BrN4O2/c1-3-33-20-13-11-19(12-14-20)29-25(32)23-16(2)28-26-30-21-9-4-5-10-22(21)31(26)24(23)17-7-6-8-18(27)15-17/h4-15,24H,3H2,1-2H3,(H,28,30)(H,29,32)/t24-/m0/s1. The smallest absolute Gasteiger partial charge is 0.255 e. The maximum atomic E-state index is 13.6. The van der Waals surface area contributed by atoms with Crippen LogP contribution >= 0.6 is 15.9 Å². The summed E-state index contributed by atoms with van der Waals surface area (Å²) in [5.74, 6) is 1.32. The average Bonchev–Trinajstić information content (AvgIpc) is 3.17. The quantitative estimate of drug-likeness (QED) is 0.344. The van der Waals surface area contributed by atoms with Crippen LogP contribution in [0.1, 0.15) is 25.5 Å². The summed E-state index contributed by atoms with van der Waals surface area (Å²) in [4.78, 5) is 18.4. The fourth-order valence-corrected chi connectivity index (χ4v) is 4.67. The molecule has 0 fully saturated rings. The lowest BCUT2D eigenvalue weighted by Crippen LogP contribution is -2.30. The third-order valence-electron chi connectivity index (χ3n) is 5.66. The molecule has 3 aromatic carbocycles. The molecule has 166 valence electrons. The molecule has 0 unspecified atom stereocenters. The van der Waals surface area contributed by atoms with Gasteiger partial charge in [-0.3, -0.25) is 9.36 Å². The number of aromatic nitrogens is 2. The Labute approximate surface area is 200 Å². The van der Waals surface area contributed by atoms with Gasteiger partial charge in [-0.05, 0) is 67.9 Å². The molecule has 1 aromatic heterocycles. The Hall–Kier alpha value is -3.58. The molecule has 0 spiro atoms. The molecule has 2 N–H and O–H groups in total. The molecule has 33 heavy (non-hydrogen) atoms. The summed E-state index contributed by atoms with van der Waals surface area (Å²) >= 11 is 3.59. The number of nitrogens with zero attached hydrogens (tertiary/aromatic N) is 2. The van der Waals surface area contributed by atoms with Crippen molar-refractivity contribution in [3.05, 3.63) is 94.1 Å². The summed E-state index contributed by atoms with van der Waals surface area (Å²) in [5.41, 5.74) is 4.94. The Morgan fingerprint density at radius 3 is 2.67 bits per heavy atom. The lowest BCUT2D eigenvalue weighted by atomic mass is 9.94. The minimum absolute atomic E-state index is 0.169. The predicted molar refractivity (Wildman–Crippen MR) is 135 cm³/mol. The van der Waals surface area contributed by atoms with Gasteiger partial charge in [0, 0.05) is 15.9 Å². The van der Waals surface area contributed by atoms with Crippen molar-refractivity contribution in [2.45, 2.75) is 19.9 Å². The van der Waals surface area contributed by atoms with E-state index in [0.29, 0.717) is 17.9 Å². The number of hydrogen-bond donors (Lipinski definition) is 2. The number of anilines is 2. The second-order valence-corrected chi connectivity index (χ2v) is 8.74. The number of hydrogen-bond acceptors (Lipinski definition) is 4. The zero-order valence-corrected chi connectivity index (χ0v) is 19.9. The van der Waals surface area contributed by atoms with Crippen molar-refractivity contribution in [2.75, 3.05) is 17.2 Å². The maximum Gasteiger partial charge on any atom is 0.255 e. The van der Waals surface area contributed by atoms with Crippen LogP contribution in [0.25, 0.3) is 11.0 Å². The Bertz CT molecular complexity index is 1370. The second-order valence-electron chi connectivity index (χ2n) is 7.83. The second kappa shape index (κ2) is 8.75. The predicted octanol–water partition coefficient (Wildman–Crippen LogP) is 6.13. The van der Waals surface area contributed by atoms with Gasteiger partial charge in [0.2, 0.25) is 5.95 Å². The third kappa shape index (κ3) is 4.00. The first kappa shape index (κ1) is 21.3. The largest absolute Gasteiger partial charge is 0.494 e. The lowest BCUT2D eigenvalue weighted by molar-refractivity contribution is -0.113. The number of ether oxygens (including phenoxy) is 1. The normalized spacial score (nSPS) is 15.2. The van der Waals surface area contributed by atoms with Crippen LogP contribution < -0.4 is 15.4 Å². The highest BCUT2D eigenvalue weighted by Crippen LogP contribution is 2.40. The molecule has 4 aromatic rings. The molecule has 1 aliphatic rings. The minimum atomic E-state index is -0.339. The number of fused-ring (bicyclic) bond motifs is 3. The van der Waals surface area contributed by atoms with Crippen LogP contribution in [0.3, 0.4) is 0 Å². The number of carbonyl (C=O) groups is 1. The summed E-state index contributed by atoms with van der Waals surface area (Å²) < 4.78 is 8.56. The maximum absolute atomic E-state index is 13.6. The molecule has 0 saturated heterocycles. The fourth-order valence-electron chi connectivity index (χ4n) is 4.25. The van der Waals surface area contributed by atoms with E-state index in [0.717, 1.165) is 38.5 Å². The first-order valence-electron chi connectivity index (χ1n) is 10.8. The molecule has 1 atom stereocenters. The number of imidazole rings is 1. The summed E-state index contributed by atoms with van der Waals surface area (Å²) in [6.45, 7) is 4.46. The number of allylic oxidation sites excluding steroid dienone is 1. The van der Waals surface area contributed by atoms with Gasteiger partial charge in [0.25, 0.3) is 5.91 Å². The molecule has 1 amide bonds. The van der Waals surface area contributed by atoms with Gasteiger partial charge in [0.05, 0.1) is 29.3 Å². The van der Waals surface area contributed by atoms with Gasteiger partial charge in [0.1, 0.15) is 5.75 Å². The van der Waals surface area contributed by atoms with E-state index in [-0.39, 0.29) is 11.9 Å². The number of nitrogens with one attached hydrogen (secondary N) is 2. The van der Waals surface area contributed by atoms with E-state index in [1.165, 1.54) is 0 Å². The van der Waals surface area contributed by atoms with Gasteiger partial charge in [-0.2, -0.15) is 0 Å². The molecule has 6 nitrogen and oxygen atoms in total. The highest BCUT2D eigenvalue weighted by atomic mass is 79.9. The molecule has 0 aliphatic carbocycles. The fraction of sp³-hybridized carbons (Fsp3) is 0.154. The van der Waals surface area contributed by atoms with Crippen LogP contribution in [0.4, 0.5) is 11.6 Å². The van der Waals surface area contributed by atoms with Crippen LogP contribution in [0.2, 0.25) is 0 Å². The van der Waals surface area contributed by atoms with E-state index >= 15 is 0 Å². The van der Waals surface area contributed by atoms with Gasteiger partial charge in [0.15, 0.2) is 0 Å². The number of carbonyl (C=O) groups excluding carboxylic acids is 1. The van der Waals surface area contributed by atoms with Crippen LogP contribution in [-0.4, -0.2) is 22.1 Å². The molecule has 1 aliphatic heterocycles. The van der Waals surface area contributed by atoms with Gasteiger partial charge >= 0.3 is 0 Å². The molecule has 2 heterocycles. The van der Waals surface area contributed by atoms with Gasteiger partial charge in [-0.25, -0.2) is 4.98 Å². The van der Waals surface area contributed by atoms with E-state index in [9.17, 15) is 4.79 Å². The Balaban J connectivity index is 1.59. The molecule has 0 radical (unpaired) electrons. The van der Waals surface area contributed by atoms with Crippen molar-refractivity contribution >= 4 is 44.5 Å². The summed E-state index contributed by atoms with van der Waals surface area (Å²) in [6.07, 6.45) is 0. The van der Waals surface area contributed by atoms with Gasteiger partial charge in [-0.15, -0.1) is 0 Å². The zero-order chi connectivity index (χ0) is 22.9. The topological polar surface area (TPSA) is 68.2 Å². The van der Waals surface area contributed by atoms with Crippen molar-refractivity contribution in [3.63, 3.8) is 0 Å². The van der Waals surface area contributed by atoms with Gasteiger partial charge < -0.3 is 15.4 Å². The van der Waals surface area contributed by atoms with E-state index in [1.54, 1.807) is 0 Å². The third-order valence-corrected chi connectivity index (χ3v) is 6.16. The van der Waals surface area contributed by atoms with Gasteiger partial charge in [-0.1, -0.05) is 40.2 Å². The van der Waals surface area contributed by atoms with E-state index in [1.807, 2.05) is 86.6 Å². The highest BCUT2D eigenvalue weighted by molar-refractivity contribution is 9.10. The molecular weight excluding hydrogens is 480 g/mol. The zero-order valence-electron chi connectivity index (χ0n) is 18.3.